The van der Waals surface area contributed by atoms with Gasteiger partial charge in [-0.15, -0.1) is 10.2 Å². The van der Waals surface area contributed by atoms with Crippen LogP contribution < -0.4 is 0 Å². The molecule has 8 nitrogen and oxygen atoms in total. The number of nitrogens with zero attached hydrogens (tertiary/aromatic N) is 7. The molecule has 27 heavy (non-hydrogen) atoms. The highest BCUT2D eigenvalue weighted by Crippen LogP contribution is 2.41. The van der Waals surface area contributed by atoms with Gasteiger partial charge in [-0.1, -0.05) is 0 Å². The van der Waals surface area contributed by atoms with E-state index in [4.69, 9.17) is 0 Å². The number of fused-ring (bicyclic) bond motifs is 1. The Bertz CT molecular complexity index is 979. The molecule has 1 aliphatic heterocycles. The van der Waals surface area contributed by atoms with E-state index in [1.54, 1.807) is 29.7 Å². The van der Waals surface area contributed by atoms with Gasteiger partial charge >= 0.3 is 0 Å². The highest BCUT2D eigenvalue weighted by atomic mass is 16.2. The first-order valence-electron chi connectivity index (χ1n) is 9.16. The van der Waals surface area contributed by atoms with E-state index in [1.165, 1.54) is 12.8 Å². The van der Waals surface area contributed by atoms with Gasteiger partial charge in [-0.05, 0) is 31.9 Å². The van der Waals surface area contributed by atoms with Crippen LogP contribution in [-0.2, 0) is 6.54 Å². The molecule has 0 aromatic carbocycles. The van der Waals surface area contributed by atoms with E-state index in [0.29, 0.717) is 30.4 Å². The molecular formula is C19H19N7O. The van der Waals surface area contributed by atoms with E-state index in [0.717, 1.165) is 17.2 Å². The maximum Gasteiger partial charge on any atom is 0.257 e. The molecule has 2 aliphatic rings. The number of hydrogen-bond acceptors (Lipinski definition) is 6. The molecule has 8 heteroatoms. The van der Waals surface area contributed by atoms with E-state index in [2.05, 4.69) is 36.6 Å². The Labute approximate surface area is 156 Å². The second-order valence-electron chi connectivity index (χ2n) is 7.19. The van der Waals surface area contributed by atoms with Gasteiger partial charge < -0.3 is 9.47 Å². The monoisotopic (exact) mass is 361 g/mol. The number of pyridine rings is 1. The quantitative estimate of drug-likeness (QED) is 0.711. The van der Waals surface area contributed by atoms with Crippen molar-refractivity contribution in [2.75, 3.05) is 6.54 Å². The van der Waals surface area contributed by atoms with Crippen molar-refractivity contribution in [2.45, 2.75) is 38.3 Å². The average molecular weight is 361 g/mol. The third-order valence-electron chi connectivity index (χ3n) is 5.10. The Balaban J connectivity index is 1.36. The Morgan fingerprint density at radius 1 is 1.15 bits per heavy atom. The molecule has 0 N–H and O–H groups in total. The summed E-state index contributed by atoms with van der Waals surface area (Å²) in [6.07, 6.45) is 8.94. The van der Waals surface area contributed by atoms with Crippen LogP contribution in [0, 0.1) is 0 Å². The predicted molar refractivity (Wildman–Crippen MR) is 96.7 cm³/mol. The smallest absolute Gasteiger partial charge is 0.257 e. The second kappa shape index (κ2) is 6.22. The minimum atomic E-state index is -0.0817. The van der Waals surface area contributed by atoms with Crippen LogP contribution in [0.5, 0.6) is 0 Å². The van der Waals surface area contributed by atoms with Gasteiger partial charge in [0.1, 0.15) is 5.82 Å². The van der Waals surface area contributed by atoms with Gasteiger partial charge in [0.15, 0.2) is 11.6 Å². The van der Waals surface area contributed by atoms with Gasteiger partial charge in [0.25, 0.3) is 5.91 Å². The molecule has 3 aromatic rings. The van der Waals surface area contributed by atoms with Gasteiger partial charge in [0.2, 0.25) is 0 Å². The highest BCUT2D eigenvalue weighted by Gasteiger charge is 2.35. The van der Waals surface area contributed by atoms with Gasteiger partial charge in [0, 0.05) is 42.8 Å². The van der Waals surface area contributed by atoms with Gasteiger partial charge in [-0.25, -0.2) is 9.97 Å². The first-order valence-corrected chi connectivity index (χ1v) is 9.16. The topological polar surface area (TPSA) is 89.7 Å². The molecule has 0 bridgehead atoms. The molecule has 0 radical (unpaired) electrons. The first kappa shape index (κ1) is 16.0. The summed E-state index contributed by atoms with van der Waals surface area (Å²) < 4.78 is 2.21. The number of carbonyl (C=O) groups is 1. The van der Waals surface area contributed by atoms with Crippen molar-refractivity contribution in [3.8, 4) is 11.4 Å². The highest BCUT2D eigenvalue weighted by molar-refractivity contribution is 5.93. The molecule has 1 fully saturated rings. The lowest BCUT2D eigenvalue weighted by molar-refractivity contribution is 0.0679. The van der Waals surface area contributed by atoms with Gasteiger partial charge in [-0.3, -0.25) is 9.78 Å². The molecule has 5 rings (SSSR count). The van der Waals surface area contributed by atoms with Crippen LogP contribution >= 0.6 is 0 Å². The van der Waals surface area contributed by atoms with E-state index in [-0.39, 0.29) is 11.9 Å². The van der Waals surface area contributed by atoms with Crippen LogP contribution in [0.15, 0.2) is 36.9 Å². The number of amides is 1. The predicted octanol–water partition coefficient (Wildman–Crippen LogP) is 2.22. The number of carbonyl (C=O) groups excluding carboxylic acids is 1. The molecule has 136 valence electrons. The summed E-state index contributed by atoms with van der Waals surface area (Å²) in [6, 6.07) is 3.89. The van der Waals surface area contributed by atoms with E-state index < -0.39 is 0 Å². The van der Waals surface area contributed by atoms with Crippen molar-refractivity contribution in [3.05, 3.63) is 54.1 Å². The molecular weight excluding hydrogens is 342 g/mol. The standard InChI is InChI=1S/C19H19N7O/c1-12-10-25(11-16-23-24-18(26(12)16)13-4-5-13)19(27)15-8-21-17(22-9-15)14-3-2-6-20-7-14/h2-3,6-9,12-13H,4-5,10-11H2,1H3/t12-/m0/s1. The summed E-state index contributed by atoms with van der Waals surface area (Å²) in [4.78, 5) is 27.5. The number of rotatable bonds is 3. The van der Waals surface area contributed by atoms with Gasteiger partial charge in [-0.2, -0.15) is 0 Å². The molecule has 1 amide bonds. The lowest BCUT2D eigenvalue weighted by Gasteiger charge is -2.32. The van der Waals surface area contributed by atoms with Crippen molar-refractivity contribution in [1.82, 2.24) is 34.6 Å². The summed E-state index contributed by atoms with van der Waals surface area (Å²) in [7, 11) is 0. The van der Waals surface area contributed by atoms with Crippen molar-refractivity contribution in [2.24, 2.45) is 0 Å². The molecule has 1 saturated carbocycles. The molecule has 1 atom stereocenters. The lowest BCUT2D eigenvalue weighted by atomic mass is 10.2. The molecule has 0 unspecified atom stereocenters. The summed E-state index contributed by atoms with van der Waals surface area (Å²) in [5, 5.41) is 8.70. The molecule has 3 aromatic heterocycles. The number of hydrogen-bond donors (Lipinski definition) is 0. The number of aromatic nitrogens is 6. The fourth-order valence-corrected chi connectivity index (χ4v) is 3.60. The van der Waals surface area contributed by atoms with Crippen molar-refractivity contribution in [1.29, 1.82) is 0 Å². The van der Waals surface area contributed by atoms with Crippen LogP contribution in [0.25, 0.3) is 11.4 Å². The maximum atomic E-state index is 12.9. The maximum absolute atomic E-state index is 12.9. The normalized spacial score (nSPS) is 19.0. The van der Waals surface area contributed by atoms with E-state index >= 15 is 0 Å². The van der Waals surface area contributed by atoms with Crippen LogP contribution in [-0.4, -0.2) is 47.1 Å². The van der Waals surface area contributed by atoms with Crippen LogP contribution in [0.3, 0.4) is 0 Å². The first-order chi connectivity index (χ1) is 13.2. The van der Waals surface area contributed by atoms with E-state index in [9.17, 15) is 4.79 Å². The summed E-state index contributed by atoms with van der Waals surface area (Å²) >= 11 is 0. The summed E-state index contributed by atoms with van der Waals surface area (Å²) in [5.74, 6) is 2.96. The average Bonchev–Trinajstić information content (AvgIpc) is 3.47. The zero-order chi connectivity index (χ0) is 18.4. The fraction of sp³-hybridized carbons (Fsp3) is 0.368. The Morgan fingerprint density at radius 2 is 1.96 bits per heavy atom. The minimum Gasteiger partial charge on any atom is -0.329 e. The summed E-state index contributed by atoms with van der Waals surface area (Å²) in [6.45, 7) is 3.21. The van der Waals surface area contributed by atoms with E-state index in [1.807, 2.05) is 12.1 Å². The largest absolute Gasteiger partial charge is 0.329 e. The minimum absolute atomic E-state index is 0.0817. The zero-order valence-electron chi connectivity index (χ0n) is 15.0. The second-order valence-corrected chi connectivity index (χ2v) is 7.19. The summed E-state index contributed by atoms with van der Waals surface area (Å²) in [5.41, 5.74) is 1.30. The van der Waals surface area contributed by atoms with Gasteiger partial charge in [0.05, 0.1) is 18.2 Å². The Morgan fingerprint density at radius 3 is 2.67 bits per heavy atom. The van der Waals surface area contributed by atoms with Crippen LogP contribution in [0.2, 0.25) is 0 Å². The van der Waals surface area contributed by atoms with Crippen molar-refractivity contribution < 1.29 is 4.79 Å². The molecule has 1 aliphatic carbocycles. The van der Waals surface area contributed by atoms with Crippen molar-refractivity contribution in [3.63, 3.8) is 0 Å². The van der Waals surface area contributed by atoms with Crippen LogP contribution in [0.4, 0.5) is 0 Å². The molecule has 4 heterocycles. The van der Waals surface area contributed by atoms with Crippen LogP contribution in [0.1, 0.15) is 53.7 Å². The molecule has 0 saturated heterocycles. The SMILES string of the molecule is C[C@H]1CN(C(=O)c2cnc(-c3cccnc3)nc2)Cc2nnc(C3CC3)n21. The van der Waals surface area contributed by atoms with Crippen molar-refractivity contribution >= 4 is 5.91 Å². The molecule has 0 spiro atoms. The Hall–Kier alpha value is -3.16. The zero-order valence-corrected chi connectivity index (χ0v) is 15.0. The lowest BCUT2D eigenvalue weighted by Crippen LogP contribution is -2.40. The third kappa shape index (κ3) is 2.87. The third-order valence-corrected chi connectivity index (χ3v) is 5.10. The fourth-order valence-electron chi connectivity index (χ4n) is 3.60. The Kier molecular flexibility index (Phi) is 3.70.